The van der Waals surface area contributed by atoms with Gasteiger partial charge in [0.15, 0.2) is 0 Å². The van der Waals surface area contributed by atoms with Crippen LogP contribution >= 0.6 is 15.9 Å². The molecule has 0 saturated heterocycles. The zero-order valence-corrected chi connectivity index (χ0v) is 9.66. The van der Waals surface area contributed by atoms with Crippen molar-refractivity contribution in [3.8, 4) is 5.69 Å². The van der Waals surface area contributed by atoms with Crippen molar-refractivity contribution in [1.29, 1.82) is 0 Å². The monoisotopic (exact) mass is 282 g/mol. The minimum Gasteiger partial charge on any atom is -0.258 e. The maximum Gasteiger partial charge on any atom is 0.271 e. The fourth-order valence-corrected chi connectivity index (χ4v) is 1.49. The summed E-state index contributed by atoms with van der Waals surface area (Å²) >= 11 is 3.26. The van der Waals surface area contributed by atoms with Crippen molar-refractivity contribution in [3.05, 3.63) is 46.3 Å². The number of non-ortho nitro benzene ring substituents is 1. The van der Waals surface area contributed by atoms with E-state index < -0.39 is 4.92 Å². The maximum atomic E-state index is 10.6. The quantitative estimate of drug-likeness (QED) is 0.491. The van der Waals surface area contributed by atoms with E-state index in [0.29, 0.717) is 11.0 Å². The summed E-state index contributed by atoms with van der Waals surface area (Å²) in [6, 6.07) is 6.24. The molecule has 0 bridgehead atoms. The Hall–Kier alpha value is -1.76. The van der Waals surface area contributed by atoms with Crippen LogP contribution in [0.15, 0.2) is 30.5 Å². The van der Waals surface area contributed by atoms with Crippen LogP contribution in [0.1, 0.15) is 5.69 Å². The molecule has 1 aromatic carbocycles. The Kier molecular flexibility index (Phi) is 2.95. The van der Waals surface area contributed by atoms with Gasteiger partial charge < -0.3 is 0 Å². The van der Waals surface area contributed by atoms with Gasteiger partial charge in [0.25, 0.3) is 5.69 Å². The summed E-state index contributed by atoms with van der Waals surface area (Å²) in [5, 5.41) is 19.0. The number of alkyl halides is 1. The second-order valence-electron chi connectivity index (χ2n) is 3.07. The molecule has 0 aliphatic heterocycles. The molecule has 1 heterocycles. The zero-order valence-electron chi connectivity index (χ0n) is 8.08. The molecular formula is C9H7BrN4O2. The van der Waals surface area contributed by atoms with E-state index >= 15 is 0 Å². The molecule has 0 fully saturated rings. The highest BCUT2D eigenvalue weighted by atomic mass is 79.9. The molecular weight excluding hydrogens is 276 g/mol. The van der Waals surface area contributed by atoms with Crippen molar-refractivity contribution in [3.63, 3.8) is 0 Å². The fraction of sp³-hybridized carbons (Fsp3) is 0.111. The normalized spacial score (nSPS) is 10.3. The van der Waals surface area contributed by atoms with Gasteiger partial charge in [-0.2, -0.15) is 0 Å². The predicted octanol–water partition coefficient (Wildman–Crippen LogP) is 2.07. The van der Waals surface area contributed by atoms with Crippen LogP contribution in [0, 0.1) is 10.1 Å². The summed E-state index contributed by atoms with van der Waals surface area (Å²) < 4.78 is 1.50. The summed E-state index contributed by atoms with van der Waals surface area (Å²) in [6.07, 6.45) is 1.72. The van der Waals surface area contributed by atoms with Crippen molar-refractivity contribution in [2.75, 3.05) is 0 Å². The number of hydrogen-bond acceptors (Lipinski definition) is 4. The molecule has 2 rings (SSSR count). The fourth-order valence-electron chi connectivity index (χ4n) is 1.23. The number of aromatic nitrogens is 3. The molecule has 0 atom stereocenters. The molecule has 1 aromatic heterocycles. The first-order valence-corrected chi connectivity index (χ1v) is 5.55. The molecule has 0 N–H and O–H groups in total. The smallest absolute Gasteiger partial charge is 0.258 e. The van der Waals surface area contributed by atoms with Gasteiger partial charge in [-0.1, -0.05) is 27.2 Å². The molecule has 82 valence electrons. The van der Waals surface area contributed by atoms with E-state index in [2.05, 4.69) is 26.2 Å². The van der Waals surface area contributed by atoms with Gasteiger partial charge in [0.2, 0.25) is 0 Å². The van der Waals surface area contributed by atoms with E-state index in [4.69, 9.17) is 0 Å². The predicted molar refractivity (Wildman–Crippen MR) is 60.6 cm³/mol. The Morgan fingerprint density at radius 1 is 1.50 bits per heavy atom. The molecule has 6 nitrogen and oxygen atoms in total. The van der Waals surface area contributed by atoms with Gasteiger partial charge >= 0.3 is 0 Å². The lowest BCUT2D eigenvalue weighted by Crippen LogP contribution is -1.96. The number of rotatable bonds is 3. The van der Waals surface area contributed by atoms with Crippen LogP contribution in [-0.2, 0) is 5.33 Å². The van der Waals surface area contributed by atoms with Gasteiger partial charge in [-0.25, -0.2) is 4.68 Å². The number of nitro benzene ring substituents is 1. The van der Waals surface area contributed by atoms with Crippen molar-refractivity contribution >= 4 is 21.6 Å². The number of nitro groups is 1. The Balaban J connectivity index is 2.40. The largest absolute Gasteiger partial charge is 0.271 e. The number of halogens is 1. The molecule has 0 aliphatic carbocycles. The summed E-state index contributed by atoms with van der Waals surface area (Å²) in [5.74, 6) is 0. The maximum absolute atomic E-state index is 10.6. The summed E-state index contributed by atoms with van der Waals surface area (Å²) in [5.41, 5.74) is 1.42. The molecule has 0 amide bonds. The van der Waals surface area contributed by atoms with Gasteiger partial charge in [-0.3, -0.25) is 10.1 Å². The molecule has 0 aliphatic rings. The summed E-state index contributed by atoms with van der Waals surface area (Å²) in [7, 11) is 0. The summed E-state index contributed by atoms with van der Waals surface area (Å²) in [6.45, 7) is 0. The minimum atomic E-state index is -0.439. The van der Waals surface area contributed by atoms with Crippen LogP contribution in [-0.4, -0.2) is 19.9 Å². The first-order valence-electron chi connectivity index (χ1n) is 4.43. The van der Waals surface area contributed by atoms with E-state index in [9.17, 15) is 10.1 Å². The molecule has 7 heteroatoms. The van der Waals surface area contributed by atoms with Crippen molar-refractivity contribution < 1.29 is 4.92 Å². The molecule has 0 unspecified atom stereocenters. The van der Waals surface area contributed by atoms with Crippen LogP contribution in [0.2, 0.25) is 0 Å². The highest BCUT2D eigenvalue weighted by Gasteiger charge is 2.08. The van der Waals surface area contributed by atoms with E-state index in [-0.39, 0.29) is 5.69 Å². The Morgan fingerprint density at radius 3 is 2.94 bits per heavy atom. The van der Waals surface area contributed by atoms with E-state index in [1.165, 1.54) is 16.8 Å². The highest BCUT2D eigenvalue weighted by molar-refractivity contribution is 9.08. The van der Waals surface area contributed by atoms with Gasteiger partial charge in [-0.15, -0.1) is 5.10 Å². The third kappa shape index (κ3) is 2.08. The van der Waals surface area contributed by atoms with Crippen LogP contribution in [0.3, 0.4) is 0 Å². The Morgan fingerprint density at radius 2 is 2.31 bits per heavy atom. The van der Waals surface area contributed by atoms with Gasteiger partial charge in [0, 0.05) is 17.5 Å². The van der Waals surface area contributed by atoms with Gasteiger partial charge in [0.1, 0.15) is 0 Å². The van der Waals surface area contributed by atoms with Crippen LogP contribution in [0.5, 0.6) is 0 Å². The molecule has 2 aromatic rings. The first-order chi connectivity index (χ1) is 7.70. The van der Waals surface area contributed by atoms with Crippen LogP contribution in [0.25, 0.3) is 5.69 Å². The van der Waals surface area contributed by atoms with E-state index in [1.54, 1.807) is 18.3 Å². The Bertz CT molecular complexity index is 526. The van der Waals surface area contributed by atoms with Crippen molar-refractivity contribution in [1.82, 2.24) is 15.0 Å². The van der Waals surface area contributed by atoms with Gasteiger partial charge in [-0.05, 0) is 6.07 Å². The average Bonchev–Trinajstić information content (AvgIpc) is 2.77. The SMILES string of the molecule is O=[N+]([O-])c1cccc(-n2cc(CBr)nn2)c1. The third-order valence-corrected chi connectivity index (χ3v) is 2.56. The number of nitrogens with zero attached hydrogens (tertiary/aromatic N) is 4. The Labute approximate surface area is 99.2 Å². The third-order valence-electron chi connectivity index (χ3n) is 1.98. The van der Waals surface area contributed by atoms with Gasteiger partial charge in [0.05, 0.1) is 22.5 Å². The standard InChI is InChI=1S/C9H7BrN4O2/c10-5-7-6-13(12-11-7)8-2-1-3-9(4-8)14(15)16/h1-4,6H,5H2. The van der Waals surface area contributed by atoms with Crippen molar-refractivity contribution in [2.45, 2.75) is 5.33 Å². The number of benzene rings is 1. The first kappa shape index (κ1) is 10.7. The summed E-state index contributed by atoms with van der Waals surface area (Å²) in [4.78, 5) is 10.2. The van der Waals surface area contributed by atoms with Crippen LogP contribution < -0.4 is 0 Å². The lowest BCUT2D eigenvalue weighted by atomic mass is 10.3. The molecule has 0 saturated carbocycles. The average molecular weight is 283 g/mol. The number of hydrogen-bond donors (Lipinski definition) is 0. The lowest BCUT2D eigenvalue weighted by molar-refractivity contribution is -0.384. The molecule has 0 radical (unpaired) electrons. The van der Waals surface area contributed by atoms with E-state index in [1.807, 2.05) is 0 Å². The lowest BCUT2D eigenvalue weighted by Gasteiger charge is -1.98. The van der Waals surface area contributed by atoms with E-state index in [0.717, 1.165) is 5.69 Å². The topological polar surface area (TPSA) is 73.8 Å². The molecule has 16 heavy (non-hydrogen) atoms. The van der Waals surface area contributed by atoms with Crippen molar-refractivity contribution in [2.24, 2.45) is 0 Å². The van der Waals surface area contributed by atoms with Crippen LogP contribution in [0.4, 0.5) is 5.69 Å². The second-order valence-corrected chi connectivity index (χ2v) is 3.63. The minimum absolute atomic E-state index is 0.0355. The second kappa shape index (κ2) is 4.40. The molecule has 0 spiro atoms. The zero-order chi connectivity index (χ0) is 11.5. The highest BCUT2D eigenvalue weighted by Crippen LogP contribution is 2.16.